The molecule has 4 heteroatoms. The Morgan fingerprint density at radius 1 is 1.23 bits per heavy atom. The summed E-state index contributed by atoms with van der Waals surface area (Å²) in [6, 6.07) is 0. The molecule has 0 bridgehead atoms. The molecule has 0 aromatic heterocycles. The number of alkyl halides is 2. The van der Waals surface area contributed by atoms with E-state index in [2.05, 4.69) is 45.7 Å². The van der Waals surface area contributed by atoms with E-state index in [1.807, 2.05) is 13.1 Å². The molecular formula is C9H20Br2OSi. The molecule has 1 nitrogen and oxygen atoms in total. The van der Waals surface area contributed by atoms with E-state index in [1.54, 1.807) is 0 Å². The SMILES string of the molecule is CC(C)(CC(CBr)CBr)[Si](C)(C)O. The van der Waals surface area contributed by atoms with Crippen LogP contribution in [-0.4, -0.2) is 23.8 Å². The Balaban J connectivity index is 4.31. The number of rotatable bonds is 5. The molecule has 0 saturated carbocycles. The largest absolute Gasteiger partial charge is 0.432 e. The van der Waals surface area contributed by atoms with Crippen LogP contribution < -0.4 is 0 Å². The van der Waals surface area contributed by atoms with E-state index >= 15 is 0 Å². The maximum absolute atomic E-state index is 10.1. The third-order valence-corrected chi connectivity index (χ3v) is 8.24. The Kier molecular flexibility index (Phi) is 5.75. The van der Waals surface area contributed by atoms with E-state index in [9.17, 15) is 4.80 Å². The summed E-state index contributed by atoms with van der Waals surface area (Å²) in [7, 11) is -2.02. The molecule has 0 heterocycles. The van der Waals surface area contributed by atoms with Gasteiger partial charge in [0.05, 0.1) is 0 Å². The highest BCUT2D eigenvalue weighted by atomic mass is 79.9. The highest BCUT2D eigenvalue weighted by Gasteiger charge is 2.39. The lowest BCUT2D eigenvalue weighted by atomic mass is 10.00. The molecule has 0 fully saturated rings. The molecule has 1 N–H and O–H groups in total. The summed E-state index contributed by atoms with van der Waals surface area (Å²) in [6.07, 6.45) is 1.08. The summed E-state index contributed by atoms with van der Waals surface area (Å²) in [5.74, 6) is 0.619. The molecule has 0 aliphatic heterocycles. The predicted octanol–water partition coefficient (Wildman–Crippen LogP) is 3.76. The second kappa shape index (κ2) is 5.28. The summed E-state index contributed by atoms with van der Waals surface area (Å²) >= 11 is 7.00. The first-order valence-electron chi connectivity index (χ1n) is 4.59. The fraction of sp³-hybridized carbons (Fsp3) is 1.00. The third-order valence-electron chi connectivity index (χ3n) is 2.89. The van der Waals surface area contributed by atoms with Crippen molar-refractivity contribution in [2.75, 3.05) is 10.7 Å². The van der Waals surface area contributed by atoms with E-state index in [4.69, 9.17) is 0 Å². The van der Waals surface area contributed by atoms with Gasteiger partial charge in [-0.1, -0.05) is 45.7 Å². The van der Waals surface area contributed by atoms with Crippen molar-refractivity contribution in [2.45, 2.75) is 38.4 Å². The van der Waals surface area contributed by atoms with Crippen LogP contribution in [0.5, 0.6) is 0 Å². The second-order valence-corrected chi connectivity index (χ2v) is 10.6. The van der Waals surface area contributed by atoms with Crippen molar-refractivity contribution in [3.05, 3.63) is 0 Å². The summed E-state index contributed by atoms with van der Waals surface area (Å²) in [5, 5.41) is 2.11. The minimum Gasteiger partial charge on any atom is -0.432 e. The maximum Gasteiger partial charge on any atom is 0.188 e. The number of hydrogen-bond acceptors (Lipinski definition) is 1. The summed E-state index contributed by atoms with van der Waals surface area (Å²) in [6.45, 7) is 8.40. The van der Waals surface area contributed by atoms with Crippen LogP contribution in [0.25, 0.3) is 0 Å². The molecule has 0 aliphatic rings. The van der Waals surface area contributed by atoms with Crippen LogP contribution >= 0.6 is 31.9 Å². The number of hydrogen-bond donors (Lipinski definition) is 1. The highest BCUT2D eigenvalue weighted by Crippen LogP contribution is 2.41. The first-order chi connectivity index (χ1) is 5.74. The monoisotopic (exact) mass is 330 g/mol. The molecule has 0 rings (SSSR count). The Bertz CT molecular complexity index is 150. The molecule has 0 saturated heterocycles. The van der Waals surface area contributed by atoms with Gasteiger partial charge in [-0.05, 0) is 30.5 Å². The van der Waals surface area contributed by atoms with Gasteiger partial charge in [0.2, 0.25) is 0 Å². The number of halogens is 2. The Labute approximate surface area is 99.7 Å². The Morgan fingerprint density at radius 2 is 1.62 bits per heavy atom. The molecule has 0 radical (unpaired) electrons. The lowest BCUT2D eigenvalue weighted by Crippen LogP contribution is -2.40. The van der Waals surface area contributed by atoms with Crippen molar-refractivity contribution in [3.63, 3.8) is 0 Å². The zero-order valence-electron chi connectivity index (χ0n) is 8.90. The van der Waals surface area contributed by atoms with Crippen molar-refractivity contribution in [1.29, 1.82) is 0 Å². The molecular weight excluding hydrogens is 312 g/mol. The minimum atomic E-state index is -2.02. The lowest BCUT2D eigenvalue weighted by molar-refractivity contribution is 0.413. The quantitative estimate of drug-likeness (QED) is 0.600. The molecule has 0 amide bonds. The van der Waals surface area contributed by atoms with Gasteiger partial charge in [-0.3, -0.25) is 0 Å². The van der Waals surface area contributed by atoms with Crippen molar-refractivity contribution in [1.82, 2.24) is 0 Å². The zero-order chi connectivity index (χ0) is 10.7. The van der Waals surface area contributed by atoms with Gasteiger partial charge >= 0.3 is 0 Å². The Hall–Kier alpha value is 1.14. The fourth-order valence-corrected chi connectivity index (χ4v) is 3.44. The average Bonchev–Trinajstić information content (AvgIpc) is 1.98. The van der Waals surface area contributed by atoms with Gasteiger partial charge in [0, 0.05) is 10.7 Å². The van der Waals surface area contributed by atoms with Crippen LogP contribution in [0.2, 0.25) is 18.1 Å². The third kappa shape index (κ3) is 4.45. The second-order valence-electron chi connectivity index (χ2n) is 4.82. The molecule has 0 aromatic carbocycles. The lowest BCUT2D eigenvalue weighted by Gasteiger charge is -2.37. The molecule has 0 unspecified atom stereocenters. The zero-order valence-corrected chi connectivity index (χ0v) is 13.1. The maximum atomic E-state index is 10.1. The smallest absolute Gasteiger partial charge is 0.188 e. The molecule has 0 atom stereocenters. The predicted molar refractivity (Wildman–Crippen MR) is 69.4 cm³/mol. The first kappa shape index (κ1) is 14.1. The summed E-state index contributed by atoms with van der Waals surface area (Å²) in [5.41, 5.74) is 0. The van der Waals surface area contributed by atoms with E-state index in [0.717, 1.165) is 17.1 Å². The molecule has 13 heavy (non-hydrogen) atoms. The van der Waals surface area contributed by atoms with Gasteiger partial charge in [0.1, 0.15) is 0 Å². The topological polar surface area (TPSA) is 20.2 Å². The molecule has 80 valence electrons. The van der Waals surface area contributed by atoms with E-state index in [1.165, 1.54) is 0 Å². The molecule has 0 aromatic rings. The van der Waals surface area contributed by atoms with Gasteiger partial charge in [-0.25, -0.2) is 0 Å². The van der Waals surface area contributed by atoms with Gasteiger partial charge < -0.3 is 4.80 Å². The van der Waals surface area contributed by atoms with E-state index in [-0.39, 0.29) is 5.04 Å². The van der Waals surface area contributed by atoms with Crippen molar-refractivity contribution < 1.29 is 4.80 Å². The highest BCUT2D eigenvalue weighted by molar-refractivity contribution is 9.09. The van der Waals surface area contributed by atoms with Crippen LogP contribution in [0, 0.1) is 5.92 Å². The Morgan fingerprint density at radius 3 is 1.85 bits per heavy atom. The van der Waals surface area contributed by atoms with Crippen LogP contribution in [0.3, 0.4) is 0 Å². The van der Waals surface area contributed by atoms with Gasteiger partial charge in [-0.15, -0.1) is 0 Å². The summed E-state index contributed by atoms with van der Waals surface area (Å²) in [4.78, 5) is 10.1. The van der Waals surface area contributed by atoms with Gasteiger partial charge in [0.15, 0.2) is 8.32 Å². The van der Waals surface area contributed by atoms with E-state index in [0.29, 0.717) is 5.92 Å². The van der Waals surface area contributed by atoms with Crippen molar-refractivity contribution in [2.24, 2.45) is 5.92 Å². The van der Waals surface area contributed by atoms with Crippen LogP contribution in [0.4, 0.5) is 0 Å². The van der Waals surface area contributed by atoms with Gasteiger partial charge in [-0.2, -0.15) is 0 Å². The normalized spacial score (nSPS) is 13.8. The first-order valence-corrected chi connectivity index (χ1v) is 9.78. The summed E-state index contributed by atoms with van der Waals surface area (Å²) < 4.78 is 0. The van der Waals surface area contributed by atoms with Crippen LogP contribution in [0.1, 0.15) is 20.3 Å². The molecule has 0 aliphatic carbocycles. The van der Waals surface area contributed by atoms with E-state index < -0.39 is 8.32 Å². The minimum absolute atomic E-state index is 0.0964. The van der Waals surface area contributed by atoms with Crippen molar-refractivity contribution in [3.8, 4) is 0 Å². The fourth-order valence-electron chi connectivity index (χ4n) is 1.12. The van der Waals surface area contributed by atoms with Crippen molar-refractivity contribution >= 4 is 40.2 Å². The van der Waals surface area contributed by atoms with Crippen LogP contribution in [0.15, 0.2) is 0 Å². The molecule has 0 spiro atoms. The average molecular weight is 332 g/mol. The van der Waals surface area contributed by atoms with Gasteiger partial charge in [0.25, 0.3) is 0 Å². The van der Waals surface area contributed by atoms with Crippen LogP contribution in [-0.2, 0) is 0 Å². The standard InChI is InChI=1S/C9H20Br2OSi/c1-9(2,13(3,4)12)5-8(6-10)7-11/h8,12H,5-7H2,1-4H3.